The lowest BCUT2D eigenvalue weighted by Crippen LogP contribution is -2.33. The molecule has 4 nitrogen and oxygen atoms in total. The van der Waals surface area contributed by atoms with Gasteiger partial charge in [0.05, 0.1) is 6.61 Å². The van der Waals surface area contributed by atoms with Gasteiger partial charge in [-0.2, -0.15) is 4.31 Å². The molecule has 1 N–H and O–H groups in total. The van der Waals surface area contributed by atoms with Gasteiger partial charge in [0.1, 0.15) is 4.21 Å². The van der Waals surface area contributed by atoms with E-state index in [0.717, 1.165) is 12.8 Å². The molecule has 1 fully saturated rings. The number of nitrogens with zero attached hydrogens (tertiary/aromatic N) is 1. The minimum atomic E-state index is -3.34. The zero-order chi connectivity index (χ0) is 11.8. The molecular formula is C10H15NO3S2. The smallest absolute Gasteiger partial charge is 0.252 e. The average molecular weight is 261 g/mol. The maximum absolute atomic E-state index is 12.2. The summed E-state index contributed by atoms with van der Waals surface area (Å²) in [4.78, 5) is 0. The van der Waals surface area contributed by atoms with Gasteiger partial charge >= 0.3 is 0 Å². The first-order valence-corrected chi connectivity index (χ1v) is 7.58. The van der Waals surface area contributed by atoms with Crippen LogP contribution in [-0.2, 0) is 16.6 Å². The van der Waals surface area contributed by atoms with E-state index in [-0.39, 0.29) is 12.6 Å². The Morgan fingerprint density at radius 1 is 1.62 bits per heavy atom. The summed E-state index contributed by atoms with van der Waals surface area (Å²) in [5, 5.41) is 10.6. The molecule has 1 aliphatic heterocycles. The van der Waals surface area contributed by atoms with Gasteiger partial charge in [0, 0.05) is 12.6 Å². The lowest BCUT2D eigenvalue weighted by Gasteiger charge is -2.19. The fraction of sp³-hybridized carbons (Fsp3) is 0.600. The molecule has 0 amide bonds. The molecule has 90 valence electrons. The molecule has 0 aliphatic carbocycles. The van der Waals surface area contributed by atoms with Crippen LogP contribution in [0.1, 0.15) is 25.3 Å². The second-order valence-electron chi connectivity index (χ2n) is 4.04. The molecule has 0 aromatic carbocycles. The third-order valence-electron chi connectivity index (χ3n) is 2.87. The van der Waals surface area contributed by atoms with Crippen LogP contribution in [0, 0.1) is 0 Å². The van der Waals surface area contributed by atoms with Crippen LogP contribution >= 0.6 is 11.3 Å². The summed E-state index contributed by atoms with van der Waals surface area (Å²) in [6.07, 6.45) is 1.86. The molecule has 1 aliphatic rings. The van der Waals surface area contributed by atoms with Gasteiger partial charge < -0.3 is 5.11 Å². The van der Waals surface area contributed by atoms with Crippen molar-refractivity contribution in [3.05, 3.63) is 17.0 Å². The highest BCUT2D eigenvalue weighted by Crippen LogP contribution is 2.29. The molecule has 0 saturated carbocycles. The highest BCUT2D eigenvalue weighted by atomic mass is 32.2. The topological polar surface area (TPSA) is 57.6 Å². The Morgan fingerprint density at radius 3 is 2.88 bits per heavy atom. The molecule has 2 heterocycles. The summed E-state index contributed by atoms with van der Waals surface area (Å²) < 4.78 is 26.4. The molecule has 1 unspecified atom stereocenters. The van der Waals surface area contributed by atoms with Crippen molar-refractivity contribution < 1.29 is 13.5 Å². The maximum atomic E-state index is 12.2. The number of sulfonamides is 1. The van der Waals surface area contributed by atoms with E-state index in [1.165, 1.54) is 11.3 Å². The Labute approximate surface area is 99.6 Å². The standard InChI is InChI=1S/C10H15NO3S2/c1-8-3-2-4-11(8)16(13,14)10-5-9(6-12)7-15-10/h5,7-8,12H,2-4,6H2,1H3. The van der Waals surface area contributed by atoms with Crippen molar-refractivity contribution in [2.75, 3.05) is 6.54 Å². The number of hydrogen-bond donors (Lipinski definition) is 1. The fourth-order valence-electron chi connectivity index (χ4n) is 1.95. The second-order valence-corrected chi connectivity index (χ2v) is 7.07. The molecule has 0 spiro atoms. The molecule has 1 atom stereocenters. The van der Waals surface area contributed by atoms with E-state index in [1.54, 1.807) is 15.8 Å². The van der Waals surface area contributed by atoms with E-state index in [0.29, 0.717) is 16.3 Å². The van der Waals surface area contributed by atoms with Crippen LogP contribution in [0.5, 0.6) is 0 Å². The number of aliphatic hydroxyl groups excluding tert-OH is 1. The number of aliphatic hydroxyl groups is 1. The van der Waals surface area contributed by atoms with Gasteiger partial charge in [-0.05, 0) is 36.8 Å². The zero-order valence-electron chi connectivity index (χ0n) is 9.09. The zero-order valence-corrected chi connectivity index (χ0v) is 10.7. The van der Waals surface area contributed by atoms with Crippen LogP contribution in [0.15, 0.2) is 15.7 Å². The summed E-state index contributed by atoms with van der Waals surface area (Å²) in [7, 11) is -3.34. The summed E-state index contributed by atoms with van der Waals surface area (Å²) in [5.41, 5.74) is 0.662. The third-order valence-corrected chi connectivity index (χ3v) is 6.34. The second kappa shape index (κ2) is 4.44. The van der Waals surface area contributed by atoms with Crippen molar-refractivity contribution in [2.24, 2.45) is 0 Å². The van der Waals surface area contributed by atoms with E-state index in [9.17, 15) is 8.42 Å². The van der Waals surface area contributed by atoms with E-state index in [2.05, 4.69) is 0 Å². The van der Waals surface area contributed by atoms with Gasteiger partial charge in [0.15, 0.2) is 0 Å². The molecule has 0 radical (unpaired) electrons. The predicted octanol–water partition coefficient (Wildman–Crippen LogP) is 1.41. The van der Waals surface area contributed by atoms with Crippen molar-refractivity contribution >= 4 is 21.4 Å². The van der Waals surface area contributed by atoms with E-state index in [4.69, 9.17) is 5.11 Å². The largest absolute Gasteiger partial charge is 0.392 e. The minimum Gasteiger partial charge on any atom is -0.392 e. The molecule has 2 rings (SSSR count). The van der Waals surface area contributed by atoms with Crippen molar-refractivity contribution in [1.82, 2.24) is 4.31 Å². The first-order chi connectivity index (χ1) is 7.55. The Hall–Kier alpha value is -0.430. The summed E-state index contributed by atoms with van der Waals surface area (Å²) in [5.74, 6) is 0. The Balaban J connectivity index is 2.31. The van der Waals surface area contributed by atoms with E-state index < -0.39 is 10.0 Å². The molecule has 1 aromatic heterocycles. The fourth-order valence-corrected chi connectivity index (χ4v) is 4.98. The summed E-state index contributed by atoms with van der Waals surface area (Å²) >= 11 is 1.18. The van der Waals surface area contributed by atoms with Gasteiger partial charge in [-0.25, -0.2) is 8.42 Å². The molecule has 0 bridgehead atoms. The van der Waals surface area contributed by atoms with E-state index >= 15 is 0 Å². The van der Waals surface area contributed by atoms with Crippen LogP contribution in [0.2, 0.25) is 0 Å². The minimum absolute atomic E-state index is 0.0877. The first-order valence-electron chi connectivity index (χ1n) is 5.26. The van der Waals surface area contributed by atoms with Gasteiger partial charge in [-0.15, -0.1) is 11.3 Å². The monoisotopic (exact) mass is 261 g/mol. The first kappa shape index (κ1) is 12.0. The molecule has 16 heavy (non-hydrogen) atoms. The predicted molar refractivity (Wildman–Crippen MR) is 62.8 cm³/mol. The lowest BCUT2D eigenvalue weighted by atomic mass is 10.3. The van der Waals surface area contributed by atoms with Crippen LogP contribution < -0.4 is 0 Å². The van der Waals surface area contributed by atoms with Crippen LogP contribution in [0.4, 0.5) is 0 Å². The van der Waals surface area contributed by atoms with Crippen LogP contribution in [0.25, 0.3) is 0 Å². The number of hydrogen-bond acceptors (Lipinski definition) is 4. The van der Waals surface area contributed by atoms with E-state index in [1.807, 2.05) is 6.92 Å². The highest BCUT2D eigenvalue weighted by molar-refractivity contribution is 7.91. The molecule has 6 heteroatoms. The third kappa shape index (κ3) is 2.02. The van der Waals surface area contributed by atoms with Crippen molar-refractivity contribution in [1.29, 1.82) is 0 Å². The molecule has 1 aromatic rings. The van der Waals surface area contributed by atoms with Crippen molar-refractivity contribution in [2.45, 2.75) is 36.6 Å². The summed E-state index contributed by atoms with van der Waals surface area (Å²) in [6, 6.07) is 1.65. The van der Waals surface area contributed by atoms with Crippen molar-refractivity contribution in [3.8, 4) is 0 Å². The normalized spacial score (nSPS) is 22.8. The molecule has 1 saturated heterocycles. The quantitative estimate of drug-likeness (QED) is 0.895. The van der Waals surface area contributed by atoms with Crippen molar-refractivity contribution in [3.63, 3.8) is 0 Å². The van der Waals surface area contributed by atoms with Gasteiger partial charge in [0.2, 0.25) is 0 Å². The number of thiophene rings is 1. The van der Waals surface area contributed by atoms with Crippen LogP contribution in [-0.4, -0.2) is 30.4 Å². The van der Waals surface area contributed by atoms with Crippen LogP contribution in [0.3, 0.4) is 0 Å². The highest BCUT2D eigenvalue weighted by Gasteiger charge is 2.33. The SMILES string of the molecule is CC1CCCN1S(=O)(=O)c1cc(CO)cs1. The summed E-state index contributed by atoms with van der Waals surface area (Å²) in [6.45, 7) is 2.43. The Bertz CT molecular complexity index is 466. The molecular weight excluding hydrogens is 246 g/mol. The average Bonchev–Trinajstić information content (AvgIpc) is 2.85. The lowest BCUT2D eigenvalue weighted by molar-refractivity contribution is 0.282. The maximum Gasteiger partial charge on any atom is 0.252 e. The van der Waals surface area contributed by atoms with Gasteiger partial charge in [0.25, 0.3) is 10.0 Å². The van der Waals surface area contributed by atoms with Gasteiger partial charge in [-0.3, -0.25) is 0 Å². The van der Waals surface area contributed by atoms with Gasteiger partial charge in [-0.1, -0.05) is 0 Å². The Morgan fingerprint density at radius 2 is 2.38 bits per heavy atom. The Kier molecular flexibility index (Phi) is 3.34. The number of rotatable bonds is 3.